The molecule has 3 aromatic carbocycles. The Balaban J connectivity index is 1.69. The second-order valence-electron chi connectivity index (χ2n) is 8.62. The number of fused-ring (bicyclic) bond motifs is 1. The Morgan fingerprint density at radius 1 is 1.03 bits per heavy atom. The summed E-state index contributed by atoms with van der Waals surface area (Å²) in [5.74, 6) is 0.541. The van der Waals surface area contributed by atoms with Crippen LogP contribution in [0.25, 0.3) is 21.9 Å². The predicted octanol–water partition coefficient (Wildman–Crippen LogP) is 5.00. The molecule has 1 saturated carbocycles. The molecule has 6 nitrogen and oxygen atoms in total. The van der Waals surface area contributed by atoms with Crippen molar-refractivity contribution in [2.75, 3.05) is 13.7 Å². The highest BCUT2D eigenvalue weighted by molar-refractivity contribution is 7.89. The van der Waals surface area contributed by atoms with Crippen LogP contribution in [0.15, 0.2) is 59.5 Å². The Hall–Kier alpha value is -2.90. The highest BCUT2D eigenvalue weighted by Crippen LogP contribution is 2.35. The van der Waals surface area contributed by atoms with Gasteiger partial charge < -0.3 is 9.84 Å². The van der Waals surface area contributed by atoms with Crippen LogP contribution in [-0.2, 0) is 21.2 Å². The summed E-state index contributed by atoms with van der Waals surface area (Å²) in [5, 5.41) is 10.8. The third kappa shape index (κ3) is 5.54. The van der Waals surface area contributed by atoms with Gasteiger partial charge in [0.15, 0.2) is 0 Å². The minimum Gasteiger partial charge on any atom is -0.493 e. The van der Waals surface area contributed by atoms with Crippen molar-refractivity contribution >= 4 is 26.8 Å². The maximum absolute atomic E-state index is 12.1. The molecule has 1 aliphatic rings. The van der Waals surface area contributed by atoms with E-state index in [0.29, 0.717) is 18.9 Å². The molecule has 3 aromatic rings. The monoisotopic (exact) mass is 467 g/mol. The van der Waals surface area contributed by atoms with Crippen molar-refractivity contribution < 1.29 is 23.1 Å². The van der Waals surface area contributed by atoms with Crippen LogP contribution in [0.2, 0.25) is 0 Å². The van der Waals surface area contributed by atoms with Gasteiger partial charge in [-0.25, -0.2) is 13.1 Å². The van der Waals surface area contributed by atoms with E-state index in [1.165, 1.54) is 32.7 Å². The van der Waals surface area contributed by atoms with Crippen LogP contribution in [0, 0.1) is 5.92 Å². The quantitative estimate of drug-likeness (QED) is 0.462. The number of aliphatic carboxylic acids is 1. The topological polar surface area (TPSA) is 92.7 Å². The molecular formula is C26H29NO5S. The van der Waals surface area contributed by atoms with Crippen molar-refractivity contribution in [1.29, 1.82) is 0 Å². The minimum atomic E-state index is -3.51. The summed E-state index contributed by atoms with van der Waals surface area (Å²) in [6, 6.07) is 16.8. The predicted molar refractivity (Wildman–Crippen MR) is 129 cm³/mol. The summed E-state index contributed by atoms with van der Waals surface area (Å²) < 4.78 is 32.9. The standard InChI is InChI=1S/C26H29NO5S/c1-27-33(30,31)23-11-10-20-15-22(9-8-21(20)16-23)24-14-18(7-13-26(28)29)6-12-25(24)32-17-19-4-2-3-5-19/h6,8-12,14-16,19,27H,2-5,7,13,17H2,1H3,(H,28,29). The molecule has 174 valence electrons. The number of rotatable bonds is 9. The maximum Gasteiger partial charge on any atom is 0.303 e. The molecule has 33 heavy (non-hydrogen) atoms. The number of benzene rings is 3. The molecule has 0 aliphatic heterocycles. The van der Waals surface area contributed by atoms with E-state index in [1.807, 2.05) is 36.4 Å². The lowest BCUT2D eigenvalue weighted by Crippen LogP contribution is -2.18. The van der Waals surface area contributed by atoms with Gasteiger partial charge in [-0.15, -0.1) is 0 Å². The van der Waals surface area contributed by atoms with Crippen molar-refractivity contribution in [2.45, 2.75) is 43.4 Å². The Morgan fingerprint density at radius 3 is 2.48 bits per heavy atom. The van der Waals surface area contributed by atoms with E-state index in [0.717, 1.165) is 33.2 Å². The van der Waals surface area contributed by atoms with Crippen molar-refractivity contribution in [1.82, 2.24) is 4.72 Å². The fourth-order valence-corrected chi connectivity index (χ4v) is 5.16. The van der Waals surface area contributed by atoms with Crippen molar-refractivity contribution in [3.05, 3.63) is 60.2 Å². The van der Waals surface area contributed by atoms with Gasteiger partial charge in [-0.2, -0.15) is 0 Å². The number of carbonyl (C=O) groups is 1. The smallest absolute Gasteiger partial charge is 0.303 e. The van der Waals surface area contributed by atoms with E-state index in [4.69, 9.17) is 9.84 Å². The summed E-state index contributed by atoms with van der Waals surface area (Å²) in [7, 11) is -2.12. The fraction of sp³-hybridized carbons (Fsp3) is 0.346. The van der Waals surface area contributed by atoms with Gasteiger partial charge in [0.05, 0.1) is 11.5 Å². The molecule has 7 heteroatoms. The maximum atomic E-state index is 12.1. The molecule has 0 aromatic heterocycles. The lowest BCUT2D eigenvalue weighted by molar-refractivity contribution is -0.136. The Bertz CT molecular complexity index is 1260. The average molecular weight is 468 g/mol. The van der Waals surface area contributed by atoms with E-state index >= 15 is 0 Å². The number of aryl methyl sites for hydroxylation is 1. The molecule has 1 fully saturated rings. The molecule has 4 rings (SSSR count). The van der Waals surface area contributed by atoms with Crippen LogP contribution in [0.4, 0.5) is 0 Å². The number of sulfonamides is 1. The zero-order valence-corrected chi connectivity index (χ0v) is 19.5. The molecule has 0 atom stereocenters. The molecule has 0 spiro atoms. The first kappa shape index (κ1) is 23.3. The van der Waals surface area contributed by atoms with Gasteiger partial charge in [0.2, 0.25) is 10.0 Å². The first-order valence-electron chi connectivity index (χ1n) is 11.3. The molecule has 0 saturated heterocycles. The molecule has 0 unspecified atom stereocenters. The van der Waals surface area contributed by atoms with Crippen LogP contribution in [0.3, 0.4) is 0 Å². The molecule has 0 bridgehead atoms. The zero-order valence-electron chi connectivity index (χ0n) is 18.7. The second kappa shape index (κ2) is 9.93. The highest BCUT2D eigenvalue weighted by atomic mass is 32.2. The first-order valence-corrected chi connectivity index (χ1v) is 12.8. The Labute approximate surface area is 194 Å². The number of ether oxygens (including phenoxy) is 1. The molecule has 2 N–H and O–H groups in total. The number of hydrogen-bond donors (Lipinski definition) is 2. The van der Waals surface area contributed by atoms with Gasteiger partial charge in [-0.1, -0.05) is 37.1 Å². The van der Waals surface area contributed by atoms with Crippen molar-refractivity contribution in [2.24, 2.45) is 5.92 Å². The molecular weight excluding hydrogens is 438 g/mol. The normalized spacial score (nSPS) is 14.6. The number of hydrogen-bond acceptors (Lipinski definition) is 4. The van der Waals surface area contributed by atoms with Gasteiger partial charge in [-0.3, -0.25) is 4.79 Å². The second-order valence-corrected chi connectivity index (χ2v) is 10.5. The van der Waals surface area contributed by atoms with Crippen LogP contribution in [0.5, 0.6) is 5.75 Å². The van der Waals surface area contributed by atoms with E-state index < -0.39 is 16.0 Å². The number of nitrogens with one attached hydrogen (secondary N) is 1. The highest BCUT2D eigenvalue weighted by Gasteiger charge is 2.18. The summed E-state index contributed by atoms with van der Waals surface area (Å²) >= 11 is 0. The molecule has 0 amide bonds. The van der Waals surface area contributed by atoms with Crippen LogP contribution in [0.1, 0.15) is 37.7 Å². The molecule has 1 aliphatic carbocycles. The van der Waals surface area contributed by atoms with Crippen LogP contribution < -0.4 is 9.46 Å². The van der Waals surface area contributed by atoms with Crippen molar-refractivity contribution in [3.8, 4) is 16.9 Å². The van der Waals surface area contributed by atoms with Crippen LogP contribution in [-0.4, -0.2) is 33.1 Å². The molecule has 0 radical (unpaired) electrons. The van der Waals surface area contributed by atoms with E-state index in [-0.39, 0.29) is 11.3 Å². The van der Waals surface area contributed by atoms with E-state index in [2.05, 4.69) is 4.72 Å². The van der Waals surface area contributed by atoms with Crippen LogP contribution >= 0.6 is 0 Å². The largest absolute Gasteiger partial charge is 0.493 e. The number of carboxylic acids is 1. The lowest BCUT2D eigenvalue weighted by atomic mass is 9.97. The van der Waals surface area contributed by atoms with Gasteiger partial charge in [-0.05, 0) is 84.5 Å². The van der Waals surface area contributed by atoms with Crippen molar-refractivity contribution in [3.63, 3.8) is 0 Å². The SMILES string of the molecule is CNS(=O)(=O)c1ccc2cc(-c3cc(CCC(=O)O)ccc3OCC3CCCC3)ccc2c1. The summed E-state index contributed by atoms with van der Waals surface area (Å²) in [4.78, 5) is 11.3. The van der Waals surface area contributed by atoms with Gasteiger partial charge >= 0.3 is 5.97 Å². The zero-order chi connectivity index (χ0) is 23.4. The van der Waals surface area contributed by atoms with E-state index in [1.54, 1.807) is 18.2 Å². The summed E-state index contributed by atoms with van der Waals surface area (Å²) in [6.07, 6.45) is 5.42. The summed E-state index contributed by atoms with van der Waals surface area (Å²) in [6.45, 7) is 0.681. The average Bonchev–Trinajstić information content (AvgIpc) is 3.34. The minimum absolute atomic E-state index is 0.0716. The third-order valence-electron chi connectivity index (χ3n) is 6.32. The fourth-order valence-electron chi connectivity index (χ4n) is 4.40. The number of carboxylic acid groups (broad SMARTS) is 1. The van der Waals surface area contributed by atoms with Gasteiger partial charge in [0.1, 0.15) is 5.75 Å². The Kier molecular flexibility index (Phi) is 7.00. The molecule has 0 heterocycles. The summed E-state index contributed by atoms with van der Waals surface area (Å²) in [5.41, 5.74) is 2.81. The Morgan fingerprint density at radius 2 is 1.76 bits per heavy atom. The lowest BCUT2D eigenvalue weighted by Gasteiger charge is -2.17. The van der Waals surface area contributed by atoms with Gasteiger partial charge in [0.25, 0.3) is 0 Å². The van der Waals surface area contributed by atoms with Gasteiger partial charge in [0, 0.05) is 12.0 Å². The first-order chi connectivity index (χ1) is 15.9. The van der Waals surface area contributed by atoms with E-state index in [9.17, 15) is 13.2 Å². The third-order valence-corrected chi connectivity index (χ3v) is 7.73.